The molecule has 14 heavy (non-hydrogen) atoms. The summed E-state index contributed by atoms with van der Waals surface area (Å²) in [5.41, 5.74) is 0. The second kappa shape index (κ2) is 4.44. The number of rotatable bonds is 3. The number of carboxylic acid groups (broad SMARTS) is 1. The highest BCUT2D eigenvalue weighted by Crippen LogP contribution is 2.36. The standard InChI is InChI=1S/C10H16O4/c1-6(10(13)14-2)7-3-4-8(5-7)9(11)12/h6-8H,3-5H2,1-2H3,(H,11,12). The van der Waals surface area contributed by atoms with Crippen LogP contribution in [-0.4, -0.2) is 24.2 Å². The summed E-state index contributed by atoms with van der Waals surface area (Å²) in [5.74, 6) is -1.26. The van der Waals surface area contributed by atoms with Gasteiger partial charge in [-0.05, 0) is 25.2 Å². The highest BCUT2D eigenvalue weighted by molar-refractivity contribution is 5.73. The van der Waals surface area contributed by atoms with Gasteiger partial charge in [0.05, 0.1) is 18.9 Å². The van der Waals surface area contributed by atoms with Crippen molar-refractivity contribution >= 4 is 11.9 Å². The van der Waals surface area contributed by atoms with Crippen molar-refractivity contribution in [2.75, 3.05) is 7.11 Å². The molecular weight excluding hydrogens is 184 g/mol. The Morgan fingerprint density at radius 3 is 2.50 bits per heavy atom. The van der Waals surface area contributed by atoms with Crippen LogP contribution in [0.3, 0.4) is 0 Å². The second-order valence-corrected chi connectivity index (χ2v) is 3.92. The molecule has 0 bridgehead atoms. The second-order valence-electron chi connectivity index (χ2n) is 3.92. The number of carbonyl (C=O) groups excluding carboxylic acids is 1. The lowest BCUT2D eigenvalue weighted by Gasteiger charge is -2.15. The third kappa shape index (κ3) is 2.25. The number of carbonyl (C=O) groups is 2. The Hall–Kier alpha value is -1.06. The van der Waals surface area contributed by atoms with Gasteiger partial charge in [-0.3, -0.25) is 9.59 Å². The maximum atomic E-state index is 11.2. The molecule has 0 aromatic rings. The molecule has 4 nitrogen and oxygen atoms in total. The number of hydrogen-bond acceptors (Lipinski definition) is 3. The highest BCUT2D eigenvalue weighted by Gasteiger charge is 2.35. The summed E-state index contributed by atoms with van der Waals surface area (Å²) in [6.45, 7) is 1.81. The molecule has 1 fully saturated rings. The fourth-order valence-corrected chi connectivity index (χ4v) is 2.07. The van der Waals surface area contributed by atoms with Gasteiger partial charge < -0.3 is 9.84 Å². The first kappa shape index (κ1) is 11.0. The van der Waals surface area contributed by atoms with E-state index in [9.17, 15) is 9.59 Å². The van der Waals surface area contributed by atoms with Crippen molar-refractivity contribution in [2.45, 2.75) is 26.2 Å². The molecule has 4 heteroatoms. The van der Waals surface area contributed by atoms with E-state index in [-0.39, 0.29) is 23.7 Å². The molecule has 80 valence electrons. The molecule has 0 aromatic heterocycles. The smallest absolute Gasteiger partial charge is 0.308 e. The number of aliphatic carboxylic acids is 1. The molecule has 3 atom stereocenters. The van der Waals surface area contributed by atoms with Crippen LogP contribution in [0.25, 0.3) is 0 Å². The number of carboxylic acids is 1. The molecule has 1 N–H and O–H groups in total. The average Bonchev–Trinajstić information content (AvgIpc) is 2.64. The molecule has 1 rings (SSSR count). The Morgan fingerprint density at radius 2 is 2.07 bits per heavy atom. The zero-order valence-corrected chi connectivity index (χ0v) is 8.53. The number of esters is 1. The summed E-state index contributed by atoms with van der Waals surface area (Å²) in [5, 5.41) is 8.79. The van der Waals surface area contributed by atoms with Gasteiger partial charge in [-0.2, -0.15) is 0 Å². The summed E-state index contributed by atoms with van der Waals surface area (Å²) in [6, 6.07) is 0. The summed E-state index contributed by atoms with van der Waals surface area (Å²) in [7, 11) is 1.36. The molecule has 1 aliphatic rings. The van der Waals surface area contributed by atoms with E-state index in [0.29, 0.717) is 12.8 Å². The van der Waals surface area contributed by atoms with Crippen LogP contribution >= 0.6 is 0 Å². The topological polar surface area (TPSA) is 63.6 Å². The molecule has 0 spiro atoms. The van der Waals surface area contributed by atoms with Crippen molar-refractivity contribution in [3.8, 4) is 0 Å². The van der Waals surface area contributed by atoms with Crippen LogP contribution in [0.4, 0.5) is 0 Å². The van der Waals surface area contributed by atoms with Crippen molar-refractivity contribution < 1.29 is 19.4 Å². The van der Waals surface area contributed by atoms with E-state index in [1.54, 1.807) is 6.92 Å². The third-order valence-electron chi connectivity index (χ3n) is 3.10. The van der Waals surface area contributed by atoms with Crippen molar-refractivity contribution in [1.29, 1.82) is 0 Å². The van der Waals surface area contributed by atoms with Crippen LogP contribution in [0.15, 0.2) is 0 Å². The van der Waals surface area contributed by atoms with Gasteiger partial charge >= 0.3 is 11.9 Å². The predicted octanol–water partition coefficient (Wildman–Crippen LogP) is 1.30. The number of hydrogen-bond donors (Lipinski definition) is 1. The summed E-state index contributed by atoms with van der Waals surface area (Å²) in [6.07, 6.45) is 2.10. The minimum absolute atomic E-state index is 0.170. The SMILES string of the molecule is COC(=O)C(C)C1CCC(C(=O)O)C1. The first-order chi connectivity index (χ1) is 6.56. The van der Waals surface area contributed by atoms with Gasteiger partial charge in [0.25, 0.3) is 0 Å². The summed E-state index contributed by atoms with van der Waals surface area (Å²) >= 11 is 0. The molecule has 3 unspecified atom stereocenters. The lowest BCUT2D eigenvalue weighted by Crippen LogP contribution is -2.21. The van der Waals surface area contributed by atoms with Crippen LogP contribution in [0, 0.1) is 17.8 Å². The van der Waals surface area contributed by atoms with E-state index < -0.39 is 5.97 Å². The minimum atomic E-state index is -0.746. The van der Waals surface area contributed by atoms with Crippen molar-refractivity contribution in [1.82, 2.24) is 0 Å². The van der Waals surface area contributed by atoms with Gasteiger partial charge in [0.1, 0.15) is 0 Å². The zero-order chi connectivity index (χ0) is 10.7. The van der Waals surface area contributed by atoms with Gasteiger partial charge in [-0.15, -0.1) is 0 Å². The van der Waals surface area contributed by atoms with E-state index in [1.807, 2.05) is 0 Å². The molecule has 0 radical (unpaired) electrons. The Morgan fingerprint density at radius 1 is 1.43 bits per heavy atom. The maximum absolute atomic E-state index is 11.2. The van der Waals surface area contributed by atoms with E-state index in [4.69, 9.17) is 5.11 Å². The highest BCUT2D eigenvalue weighted by atomic mass is 16.5. The van der Waals surface area contributed by atoms with E-state index in [1.165, 1.54) is 7.11 Å². The molecule has 0 aliphatic heterocycles. The van der Waals surface area contributed by atoms with E-state index in [2.05, 4.69) is 4.74 Å². The quantitative estimate of drug-likeness (QED) is 0.697. The lowest BCUT2D eigenvalue weighted by molar-refractivity contribution is -0.147. The first-order valence-corrected chi connectivity index (χ1v) is 4.87. The molecule has 0 saturated heterocycles. The average molecular weight is 200 g/mol. The molecule has 0 amide bonds. The van der Waals surface area contributed by atoms with Crippen LogP contribution in [0.5, 0.6) is 0 Å². The summed E-state index contributed by atoms with van der Waals surface area (Å²) < 4.78 is 4.63. The normalized spacial score (nSPS) is 28.4. The molecule has 0 heterocycles. The fraction of sp³-hybridized carbons (Fsp3) is 0.800. The van der Waals surface area contributed by atoms with Crippen LogP contribution in [0.1, 0.15) is 26.2 Å². The fourth-order valence-electron chi connectivity index (χ4n) is 2.07. The Balaban J connectivity index is 2.49. The Labute approximate surface area is 83.2 Å². The molecular formula is C10H16O4. The lowest BCUT2D eigenvalue weighted by atomic mass is 9.92. The monoisotopic (exact) mass is 200 g/mol. The van der Waals surface area contributed by atoms with Gasteiger partial charge in [-0.25, -0.2) is 0 Å². The van der Waals surface area contributed by atoms with Crippen molar-refractivity contribution in [3.63, 3.8) is 0 Å². The van der Waals surface area contributed by atoms with Gasteiger partial charge in [0.2, 0.25) is 0 Å². The summed E-state index contributed by atoms with van der Waals surface area (Å²) in [4.78, 5) is 21.9. The third-order valence-corrected chi connectivity index (χ3v) is 3.10. The largest absolute Gasteiger partial charge is 0.481 e. The number of ether oxygens (including phenoxy) is 1. The van der Waals surface area contributed by atoms with Crippen LogP contribution in [0.2, 0.25) is 0 Å². The molecule has 1 aliphatic carbocycles. The van der Waals surface area contributed by atoms with Crippen LogP contribution in [-0.2, 0) is 14.3 Å². The van der Waals surface area contributed by atoms with Crippen molar-refractivity contribution in [3.05, 3.63) is 0 Å². The first-order valence-electron chi connectivity index (χ1n) is 4.87. The molecule has 1 saturated carbocycles. The molecule has 0 aromatic carbocycles. The van der Waals surface area contributed by atoms with Gasteiger partial charge in [0, 0.05) is 0 Å². The van der Waals surface area contributed by atoms with Crippen LogP contribution < -0.4 is 0 Å². The van der Waals surface area contributed by atoms with E-state index >= 15 is 0 Å². The Bertz CT molecular complexity index is 236. The van der Waals surface area contributed by atoms with Crippen molar-refractivity contribution in [2.24, 2.45) is 17.8 Å². The zero-order valence-electron chi connectivity index (χ0n) is 8.53. The minimum Gasteiger partial charge on any atom is -0.481 e. The Kier molecular flexibility index (Phi) is 3.49. The number of methoxy groups -OCH3 is 1. The van der Waals surface area contributed by atoms with Gasteiger partial charge in [0.15, 0.2) is 0 Å². The maximum Gasteiger partial charge on any atom is 0.308 e. The van der Waals surface area contributed by atoms with Gasteiger partial charge in [-0.1, -0.05) is 6.92 Å². The van der Waals surface area contributed by atoms with E-state index in [0.717, 1.165) is 6.42 Å². The predicted molar refractivity (Wildman–Crippen MR) is 49.6 cm³/mol.